The zero-order valence-corrected chi connectivity index (χ0v) is 13.9. The topological polar surface area (TPSA) is 38.8 Å². The van der Waals surface area contributed by atoms with Crippen molar-refractivity contribution < 1.29 is 14.3 Å². The number of carbonyl (C=O) groups is 1. The standard InChI is InChI=1S/C16H25NO3S/c1-4-19-11-9-17(10-12-20-5-2)16(18)14-7-6-8-15(13-14)21-3/h6-8,13H,4-5,9-12H2,1-3H3. The Kier molecular flexibility index (Phi) is 9.14. The van der Waals surface area contributed by atoms with Crippen molar-refractivity contribution in [3.8, 4) is 0 Å². The Morgan fingerprint density at radius 3 is 2.29 bits per heavy atom. The monoisotopic (exact) mass is 311 g/mol. The molecule has 0 spiro atoms. The molecule has 118 valence electrons. The van der Waals surface area contributed by atoms with Crippen molar-refractivity contribution in [2.75, 3.05) is 45.8 Å². The second-order valence-corrected chi connectivity index (χ2v) is 5.30. The Hall–Kier alpha value is -1.04. The van der Waals surface area contributed by atoms with E-state index in [0.29, 0.717) is 39.5 Å². The predicted molar refractivity (Wildman–Crippen MR) is 87.1 cm³/mol. The van der Waals surface area contributed by atoms with Crippen LogP contribution in [0.3, 0.4) is 0 Å². The van der Waals surface area contributed by atoms with Gasteiger partial charge in [0.05, 0.1) is 13.2 Å². The van der Waals surface area contributed by atoms with Crippen molar-refractivity contribution in [3.05, 3.63) is 29.8 Å². The number of rotatable bonds is 10. The van der Waals surface area contributed by atoms with E-state index in [1.807, 2.05) is 44.4 Å². The Morgan fingerprint density at radius 1 is 1.14 bits per heavy atom. The number of carbonyl (C=O) groups excluding carboxylic acids is 1. The molecule has 0 fully saturated rings. The van der Waals surface area contributed by atoms with Crippen LogP contribution in [-0.4, -0.2) is 56.6 Å². The highest BCUT2D eigenvalue weighted by Gasteiger charge is 2.15. The summed E-state index contributed by atoms with van der Waals surface area (Å²) in [6.45, 7) is 7.51. The summed E-state index contributed by atoms with van der Waals surface area (Å²) in [6.07, 6.45) is 2.01. The number of hydrogen-bond acceptors (Lipinski definition) is 4. The summed E-state index contributed by atoms with van der Waals surface area (Å²) in [5.41, 5.74) is 0.717. The van der Waals surface area contributed by atoms with Gasteiger partial charge in [-0.3, -0.25) is 4.79 Å². The lowest BCUT2D eigenvalue weighted by Gasteiger charge is -2.22. The largest absolute Gasteiger partial charge is 0.380 e. The van der Waals surface area contributed by atoms with E-state index in [0.717, 1.165) is 10.5 Å². The second kappa shape index (κ2) is 10.7. The summed E-state index contributed by atoms with van der Waals surface area (Å²) in [5.74, 6) is 0.0327. The molecule has 1 aromatic carbocycles. The van der Waals surface area contributed by atoms with Gasteiger partial charge >= 0.3 is 0 Å². The first kappa shape index (κ1) is 18.0. The van der Waals surface area contributed by atoms with Gasteiger partial charge in [0.2, 0.25) is 0 Å². The molecule has 4 nitrogen and oxygen atoms in total. The van der Waals surface area contributed by atoms with E-state index in [9.17, 15) is 4.79 Å². The third-order valence-corrected chi connectivity index (χ3v) is 3.75. The maximum atomic E-state index is 12.6. The van der Waals surface area contributed by atoms with E-state index >= 15 is 0 Å². The second-order valence-electron chi connectivity index (χ2n) is 4.42. The van der Waals surface area contributed by atoms with Crippen molar-refractivity contribution in [2.24, 2.45) is 0 Å². The highest BCUT2D eigenvalue weighted by molar-refractivity contribution is 7.98. The average Bonchev–Trinajstić information content (AvgIpc) is 2.53. The van der Waals surface area contributed by atoms with Crippen LogP contribution in [0.2, 0.25) is 0 Å². The highest BCUT2D eigenvalue weighted by atomic mass is 32.2. The van der Waals surface area contributed by atoms with Crippen LogP contribution in [0.4, 0.5) is 0 Å². The summed E-state index contributed by atoms with van der Waals surface area (Å²) in [4.78, 5) is 15.5. The van der Waals surface area contributed by atoms with Gasteiger partial charge in [-0.2, -0.15) is 0 Å². The molecule has 0 radical (unpaired) electrons. The minimum atomic E-state index is 0.0327. The summed E-state index contributed by atoms with van der Waals surface area (Å²) in [7, 11) is 0. The van der Waals surface area contributed by atoms with Crippen molar-refractivity contribution in [1.82, 2.24) is 4.90 Å². The van der Waals surface area contributed by atoms with Crippen LogP contribution in [-0.2, 0) is 9.47 Å². The van der Waals surface area contributed by atoms with Gasteiger partial charge < -0.3 is 14.4 Å². The maximum absolute atomic E-state index is 12.6. The molecule has 0 aliphatic rings. The van der Waals surface area contributed by atoms with Gasteiger partial charge in [0.15, 0.2) is 0 Å². The normalized spacial score (nSPS) is 10.6. The Balaban J connectivity index is 2.71. The van der Waals surface area contributed by atoms with Gasteiger partial charge in [0.25, 0.3) is 5.91 Å². The molecule has 1 rings (SSSR count). The van der Waals surface area contributed by atoms with Gasteiger partial charge in [0, 0.05) is 36.8 Å². The van der Waals surface area contributed by atoms with E-state index in [-0.39, 0.29) is 5.91 Å². The van der Waals surface area contributed by atoms with E-state index in [1.165, 1.54) is 0 Å². The Labute approximate surface area is 131 Å². The molecule has 21 heavy (non-hydrogen) atoms. The Bertz CT molecular complexity index is 416. The van der Waals surface area contributed by atoms with Crippen molar-refractivity contribution in [1.29, 1.82) is 0 Å². The molecular formula is C16H25NO3S. The van der Waals surface area contributed by atoms with Crippen molar-refractivity contribution in [2.45, 2.75) is 18.7 Å². The minimum Gasteiger partial charge on any atom is -0.380 e. The van der Waals surface area contributed by atoms with Crippen molar-refractivity contribution >= 4 is 17.7 Å². The number of nitrogens with zero attached hydrogens (tertiary/aromatic N) is 1. The molecule has 0 aliphatic heterocycles. The number of benzene rings is 1. The van der Waals surface area contributed by atoms with E-state index in [4.69, 9.17) is 9.47 Å². The molecule has 0 heterocycles. The third-order valence-electron chi connectivity index (χ3n) is 3.02. The van der Waals surface area contributed by atoms with E-state index in [2.05, 4.69) is 0 Å². The first-order valence-corrected chi connectivity index (χ1v) is 8.54. The minimum absolute atomic E-state index is 0.0327. The number of hydrogen-bond donors (Lipinski definition) is 0. The summed E-state index contributed by atoms with van der Waals surface area (Å²) in [6, 6.07) is 7.71. The molecule has 0 bridgehead atoms. The van der Waals surface area contributed by atoms with Crippen LogP contribution in [0.1, 0.15) is 24.2 Å². The zero-order chi connectivity index (χ0) is 15.5. The predicted octanol–water partition coefficient (Wildman–Crippen LogP) is 2.92. The molecule has 1 aromatic rings. The lowest BCUT2D eigenvalue weighted by molar-refractivity contribution is 0.0550. The van der Waals surface area contributed by atoms with Crippen LogP contribution in [0.5, 0.6) is 0 Å². The first-order chi connectivity index (χ1) is 10.2. The molecule has 0 N–H and O–H groups in total. The molecule has 0 saturated heterocycles. The van der Waals surface area contributed by atoms with Gasteiger partial charge in [-0.1, -0.05) is 6.07 Å². The zero-order valence-electron chi connectivity index (χ0n) is 13.1. The molecular weight excluding hydrogens is 286 g/mol. The van der Waals surface area contributed by atoms with Gasteiger partial charge in [0.1, 0.15) is 0 Å². The summed E-state index contributed by atoms with van der Waals surface area (Å²) >= 11 is 1.63. The van der Waals surface area contributed by atoms with Crippen molar-refractivity contribution in [3.63, 3.8) is 0 Å². The first-order valence-electron chi connectivity index (χ1n) is 7.31. The maximum Gasteiger partial charge on any atom is 0.254 e. The summed E-state index contributed by atoms with van der Waals surface area (Å²) < 4.78 is 10.7. The average molecular weight is 311 g/mol. The lowest BCUT2D eigenvalue weighted by atomic mass is 10.2. The number of ether oxygens (including phenoxy) is 2. The van der Waals surface area contributed by atoms with Crippen LogP contribution < -0.4 is 0 Å². The summed E-state index contributed by atoms with van der Waals surface area (Å²) in [5, 5.41) is 0. The molecule has 0 saturated carbocycles. The van der Waals surface area contributed by atoms with E-state index < -0.39 is 0 Å². The fourth-order valence-corrected chi connectivity index (χ4v) is 2.35. The molecule has 5 heteroatoms. The molecule has 0 atom stereocenters. The molecule has 1 amide bonds. The Morgan fingerprint density at radius 2 is 1.76 bits per heavy atom. The molecule has 0 aliphatic carbocycles. The fraction of sp³-hybridized carbons (Fsp3) is 0.562. The smallest absolute Gasteiger partial charge is 0.254 e. The van der Waals surface area contributed by atoms with Gasteiger partial charge in [-0.15, -0.1) is 11.8 Å². The number of amides is 1. The molecule has 0 aromatic heterocycles. The van der Waals surface area contributed by atoms with Gasteiger partial charge in [-0.05, 0) is 38.3 Å². The molecule has 0 unspecified atom stereocenters. The fourth-order valence-electron chi connectivity index (χ4n) is 1.89. The third kappa shape index (κ3) is 6.50. The lowest BCUT2D eigenvalue weighted by Crippen LogP contribution is -2.36. The van der Waals surface area contributed by atoms with Crippen LogP contribution in [0.25, 0.3) is 0 Å². The quantitative estimate of drug-likeness (QED) is 0.492. The van der Waals surface area contributed by atoms with Gasteiger partial charge in [-0.25, -0.2) is 0 Å². The van der Waals surface area contributed by atoms with Crippen LogP contribution in [0.15, 0.2) is 29.2 Å². The van der Waals surface area contributed by atoms with Crippen LogP contribution in [0, 0.1) is 0 Å². The highest BCUT2D eigenvalue weighted by Crippen LogP contribution is 2.17. The SMILES string of the molecule is CCOCCN(CCOCC)C(=O)c1cccc(SC)c1. The number of thioether (sulfide) groups is 1. The van der Waals surface area contributed by atoms with Crippen LogP contribution >= 0.6 is 11.8 Å². The van der Waals surface area contributed by atoms with E-state index in [1.54, 1.807) is 16.7 Å².